The van der Waals surface area contributed by atoms with Gasteiger partial charge < -0.3 is 9.15 Å². The van der Waals surface area contributed by atoms with Crippen LogP contribution in [-0.2, 0) is 0 Å². The Morgan fingerprint density at radius 1 is 1.07 bits per heavy atom. The van der Waals surface area contributed by atoms with Crippen LogP contribution in [0, 0.1) is 0 Å². The van der Waals surface area contributed by atoms with Crippen molar-refractivity contribution < 1.29 is 19.0 Å². The van der Waals surface area contributed by atoms with Crippen molar-refractivity contribution in [3.05, 3.63) is 78.1 Å². The molecular weight excluding hydrogens is 352 g/mol. The number of nitrogens with one attached hydrogen (secondary N) is 2. The summed E-state index contributed by atoms with van der Waals surface area (Å²) in [6.07, 6.45) is 2.68. The SMILES string of the molecule is CCCOc1ccc(/C=[NH+]/NC(=O)c2cc3c(ccc4ccccc43)o2)cc1. The van der Waals surface area contributed by atoms with E-state index in [9.17, 15) is 4.79 Å². The number of hydrazone groups is 1. The molecule has 5 nitrogen and oxygen atoms in total. The summed E-state index contributed by atoms with van der Waals surface area (Å²) in [4.78, 5) is 12.4. The van der Waals surface area contributed by atoms with E-state index < -0.39 is 0 Å². The number of ether oxygens (including phenoxy) is 1. The van der Waals surface area contributed by atoms with Gasteiger partial charge in [-0.25, -0.2) is 0 Å². The maximum absolute atomic E-state index is 12.4. The monoisotopic (exact) mass is 373 g/mol. The van der Waals surface area contributed by atoms with Crippen molar-refractivity contribution in [3.8, 4) is 5.75 Å². The highest BCUT2D eigenvalue weighted by molar-refractivity contribution is 6.08. The Labute approximate surface area is 162 Å². The fourth-order valence-electron chi connectivity index (χ4n) is 3.03. The molecule has 140 valence electrons. The summed E-state index contributed by atoms with van der Waals surface area (Å²) in [7, 11) is 0. The molecule has 0 aliphatic rings. The van der Waals surface area contributed by atoms with E-state index in [1.165, 1.54) is 0 Å². The molecule has 4 aromatic rings. The first kappa shape index (κ1) is 17.8. The van der Waals surface area contributed by atoms with E-state index in [2.05, 4.69) is 17.5 Å². The number of hydrazine groups is 1. The van der Waals surface area contributed by atoms with E-state index in [-0.39, 0.29) is 11.7 Å². The average Bonchev–Trinajstić information content (AvgIpc) is 3.18. The molecule has 0 saturated carbocycles. The van der Waals surface area contributed by atoms with Crippen molar-refractivity contribution in [1.29, 1.82) is 0 Å². The minimum Gasteiger partial charge on any atom is -0.494 e. The fourth-order valence-corrected chi connectivity index (χ4v) is 3.03. The third kappa shape index (κ3) is 3.74. The summed E-state index contributed by atoms with van der Waals surface area (Å²) < 4.78 is 11.3. The fraction of sp³-hybridized carbons (Fsp3) is 0.130. The van der Waals surface area contributed by atoms with Crippen LogP contribution in [0.15, 0.2) is 71.1 Å². The van der Waals surface area contributed by atoms with Gasteiger partial charge in [0, 0.05) is 10.9 Å². The summed E-state index contributed by atoms with van der Waals surface area (Å²) in [5, 5.41) is 5.92. The smallest absolute Gasteiger partial charge is 0.340 e. The number of carbonyl (C=O) groups is 1. The van der Waals surface area contributed by atoms with Crippen molar-refractivity contribution >= 4 is 33.9 Å². The quantitative estimate of drug-likeness (QED) is 0.403. The maximum atomic E-state index is 12.4. The summed E-state index contributed by atoms with van der Waals surface area (Å²) in [5.74, 6) is 0.757. The Kier molecular flexibility index (Phi) is 5.06. The van der Waals surface area contributed by atoms with Gasteiger partial charge in [0.25, 0.3) is 0 Å². The van der Waals surface area contributed by atoms with Crippen molar-refractivity contribution in [2.45, 2.75) is 13.3 Å². The van der Waals surface area contributed by atoms with Gasteiger partial charge in [-0.2, -0.15) is 0 Å². The Bertz CT molecular complexity index is 1140. The largest absolute Gasteiger partial charge is 0.494 e. The lowest BCUT2D eigenvalue weighted by Crippen LogP contribution is -2.81. The number of benzene rings is 3. The van der Waals surface area contributed by atoms with Crippen molar-refractivity contribution in [3.63, 3.8) is 0 Å². The Morgan fingerprint density at radius 3 is 2.71 bits per heavy atom. The van der Waals surface area contributed by atoms with E-state index in [4.69, 9.17) is 9.15 Å². The summed E-state index contributed by atoms with van der Waals surface area (Å²) in [6.45, 7) is 2.77. The molecule has 0 atom stereocenters. The van der Waals surface area contributed by atoms with Gasteiger partial charge in [-0.05, 0) is 53.6 Å². The second kappa shape index (κ2) is 7.96. The van der Waals surface area contributed by atoms with Crippen LogP contribution < -0.4 is 15.3 Å². The summed E-state index contributed by atoms with van der Waals surface area (Å²) in [5.41, 5.74) is 4.24. The minimum absolute atomic E-state index is 0.260. The van der Waals surface area contributed by atoms with E-state index in [1.807, 2.05) is 60.7 Å². The van der Waals surface area contributed by atoms with Crippen LogP contribution >= 0.6 is 0 Å². The highest BCUT2D eigenvalue weighted by atomic mass is 16.5. The standard InChI is InChI=1S/C23H20N2O3/c1-2-13-27-18-10-7-16(8-11-18)15-24-25-23(26)22-14-20-19-6-4-3-5-17(19)9-12-21(20)28-22/h3-12,14-15H,2,13H2,1H3,(H,25,26)/p+1/b24-15+. The van der Waals surface area contributed by atoms with Gasteiger partial charge in [-0.15, -0.1) is 10.5 Å². The molecule has 0 aliphatic heterocycles. The Morgan fingerprint density at radius 2 is 1.89 bits per heavy atom. The molecule has 0 unspecified atom stereocenters. The molecule has 0 bridgehead atoms. The van der Waals surface area contributed by atoms with Crippen LogP contribution in [-0.4, -0.2) is 18.7 Å². The highest BCUT2D eigenvalue weighted by Gasteiger charge is 2.15. The van der Waals surface area contributed by atoms with Gasteiger partial charge in [0.05, 0.1) is 6.61 Å². The second-order valence-corrected chi connectivity index (χ2v) is 6.47. The van der Waals surface area contributed by atoms with Gasteiger partial charge >= 0.3 is 5.91 Å². The molecular formula is C23H21N2O3+. The molecule has 1 aromatic heterocycles. The first-order valence-electron chi connectivity index (χ1n) is 9.28. The number of carbonyl (C=O) groups excluding carboxylic acids is 1. The third-order valence-electron chi connectivity index (χ3n) is 4.43. The van der Waals surface area contributed by atoms with Crippen LogP contribution in [0.2, 0.25) is 0 Å². The zero-order valence-electron chi connectivity index (χ0n) is 15.6. The number of fused-ring (bicyclic) bond motifs is 3. The molecule has 0 saturated heterocycles. The summed E-state index contributed by atoms with van der Waals surface area (Å²) in [6, 6.07) is 21.3. The van der Waals surface area contributed by atoms with Crippen LogP contribution in [0.3, 0.4) is 0 Å². The normalized spacial score (nSPS) is 11.3. The Hall–Kier alpha value is -3.60. The van der Waals surface area contributed by atoms with Gasteiger partial charge in [-0.1, -0.05) is 37.3 Å². The molecule has 0 spiro atoms. The zero-order valence-corrected chi connectivity index (χ0v) is 15.6. The second-order valence-electron chi connectivity index (χ2n) is 6.47. The van der Waals surface area contributed by atoms with E-state index in [1.54, 1.807) is 12.3 Å². The van der Waals surface area contributed by atoms with E-state index in [0.717, 1.165) is 33.9 Å². The molecule has 5 heteroatoms. The van der Waals surface area contributed by atoms with E-state index in [0.29, 0.717) is 12.2 Å². The van der Waals surface area contributed by atoms with Crippen LogP contribution in [0.4, 0.5) is 0 Å². The first-order chi connectivity index (χ1) is 13.7. The lowest BCUT2D eigenvalue weighted by molar-refractivity contribution is -0.503. The van der Waals surface area contributed by atoms with Crippen molar-refractivity contribution in [1.82, 2.24) is 5.43 Å². The number of hydrogen-bond donors (Lipinski definition) is 2. The number of hydrogen-bond acceptors (Lipinski definition) is 3. The maximum Gasteiger partial charge on any atom is 0.340 e. The highest BCUT2D eigenvalue weighted by Crippen LogP contribution is 2.27. The topological polar surface area (TPSA) is 65.4 Å². The average molecular weight is 373 g/mol. The summed E-state index contributed by atoms with van der Waals surface area (Å²) >= 11 is 0. The van der Waals surface area contributed by atoms with Gasteiger partial charge in [0.2, 0.25) is 0 Å². The van der Waals surface area contributed by atoms with Crippen molar-refractivity contribution in [2.75, 3.05) is 6.61 Å². The number of amides is 1. The molecule has 3 aromatic carbocycles. The molecule has 0 aliphatic carbocycles. The minimum atomic E-state index is -0.334. The molecule has 1 amide bonds. The predicted molar refractivity (Wildman–Crippen MR) is 110 cm³/mol. The molecule has 0 radical (unpaired) electrons. The molecule has 1 heterocycles. The number of rotatable bonds is 6. The van der Waals surface area contributed by atoms with Crippen LogP contribution in [0.1, 0.15) is 29.5 Å². The molecule has 4 rings (SSSR count). The van der Waals surface area contributed by atoms with Gasteiger partial charge in [0.15, 0.2) is 12.0 Å². The number of furan rings is 1. The van der Waals surface area contributed by atoms with Crippen LogP contribution in [0.25, 0.3) is 21.7 Å². The molecule has 2 N–H and O–H groups in total. The van der Waals surface area contributed by atoms with E-state index >= 15 is 0 Å². The van der Waals surface area contributed by atoms with Crippen LogP contribution in [0.5, 0.6) is 5.75 Å². The Balaban J connectivity index is 1.46. The molecule has 28 heavy (non-hydrogen) atoms. The van der Waals surface area contributed by atoms with Crippen molar-refractivity contribution in [2.24, 2.45) is 0 Å². The lowest BCUT2D eigenvalue weighted by Gasteiger charge is -2.03. The van der Waals surface area contributed by atoms with Gasteiger partial charge in [0.1, 0.15) is 11.3 Å². The third-order valence-corrected chi connectivity index (χ3v) is 4.43. The van der Waals surface area contributed by atoms with Gasteiger partial charge in [-0.3, -0.25) is 4.79 Å². The predicted octanol–water partition coefficient (Wildman–Crippen LogP) is 3.22. The lowest BCUT2D eigenvalue weighted by atomic mass is 10.1. The first-order valence-corrected chi connectivity index (χ1v) is 9.28. The zero-order chi connectivity index (χ0) is 19.3. The molecule has 0 fully saturated rings.